The summed E-state index contributed by atoms with van der Waals surface area (Å²) in [5.41, 5.74) is 7.44. The number of nitrogens with one attached hydrogen (secondary N) is 1. The molecule has 0 aliphatic heterocycles. The molecule has 100 valence electrons. The van der Waals surface area contributed by atoms with E-state index in [0.29, 0.717) is 17.9 Å². The molecular formula is C15H18N2O2. The predicted octanol–water partition coefficient (Wildman–Crippen LogP) is 1.89. The summed E-state index contributed by atoms with van der Waals surface area (Å²) < 4.78 is 5.13. The Bertz CT molecular complexity index is 534. The third kappa shape index (κ3) is 3.45. The van der Waals surface area contributed by atoms with Gasteiger partial charge in [-0.05, 0) is 25.0 Å². The molecule has 1 amide bonds. The van der Waals surface area contributed by atoms with Gasteiger partial charge in [0.15, 0.2) is 0 Å². The highest BCUT2D eigenvalue weighted by Crippen LogP contribution is 2.09. The maximum absolute atomic E-state index is 12.1. The quantitative estimate of drug-likeness (QED) is 0.860. The Labute approximate surface area is 112 Å². The van der Waals surface area contributed by atoms with Crippen LogP contribution in [0.25, 0.3) is 0 Å². The van der Waals surface area contributed by atoms with Crippen molar-refractivity contribution < 1.29 is 9.21 Å². The number of amides is 1. The zero-order valence-corrected chi connectivity index (χ0v) is 10.9. The smallest absolute Gasteiger partial charge is 0.255 e. The van der Waals surface area contributed by atoms with Crippen molar-refractivity contribution in [3.05, 3.63) is 59.5 Å². The van der Waals surface area contributed by atoms with Crippen LogP contribution in [0.2, 0.25) is 0 Å². The summed E-state index contributed by atoms with van der Waals surface area (Å²) in [5, 5.41) is 2.93. The molecular weight excluding hydrogens is 240 g/mol. The normalized spacial score (nSPS) is 12.1. The summed E-state index contributed by atoms with van der Waals surface area (Å²) >= 11 is 0. The molecule has 19 heavy (non-hydrogen) atoms. The summed E-state index contributed by atoms with van der Waals surface area (Å²) in [7, 11) is 0. The second-order valence-electron chi connectivity index (χ2n) is 4.49. The highest BCUT2D eigenvalue weighted by molar-refractivity contribution is 5.95. The fourth-order valence-corrected chi connectivity index (χ4v) is 1.98. The molecule has 0 saturated carbocycles. The van der Waals surface area contributed by atoms with Gasteiger partial charge in [0, 0.05) is 12.6 Å². The molecule has 1 aromatic heterocycles. The molecule has 0 fully saturated rings. The molecule has 0 spiro atoms. The minimum atomic E-state index is -0.141. The van der Waals surface area contributed by atoms with Gasteiger partial charge in [0.25, 0.3) is 5.91 Å². The van der Waals surface area contributed by atoms with Crippen molar-refractivity contribution in [2.75, 3.05) is 6.54 Å². The maximum atomic E-state index is 12.1. The molecule has 3 N–H and O–H groups in total. The van der Waals surface area contributed by atoms with Crippen LogP contribution in [0.15, 0.2) is 47.1 Å². The predicted molar refractivity (Wildman–Crippen MR) is 73.9 cm³/mol. The van der Waals surface area contributed by atoms with Crippen LogP contribution in [0.1, 0.15) is 21.7 Å². The van der Waals surface area contributed by atoms with E-state index < -0.39 is 0 Å². The molecule has 0 aliphatic rings. The fourth-order valence-electron chi connectivity index (χ4n) is 1.98. The number of carbonyl (C=O) groups excluding carboxylic acids is 1. The zero-order chi connectivity index (χ0) is 13.7. The van der Waals surface area contributed by atoms with Crippen LogP contribution in [-0.2, 0) is 6.42 Å². The van der Waals surface area contributed by atoms with Crippen molar-refractivity contribution in [3.63, 3.8) is 0 Å². The van der Waals surface area contributed by atoms with Crippen molar-refractivity contribution in [1.82, 2.24) is 5.32 Å². The first-order valence-corrected chi connectivity index (χ1v) is 6.29. The molecule has 0 saturated heterocycles. The molecule has 1 unspecified atom stereocenters. The number of furan rings is 1. The van der Waals surface area contributed by atoms with Crippen molar-refractivity contribution in [1.29, 1.82) is 0 Å². The lowest BCUT2D eigenvalue weighted by Gasteiger charge is -2.16. The fraction of sp³-hybridized carbons (Fsp3) is 0.267. The van der Waals surface area contributed by atoms with Gasteiger partial charge in [0.05, 0.1) is 11.8 Å². The van der Waals surface area contributed by atoms with E-state index in [4.69, 9.17) is 10.2 Å². The molecule has 2 aromatic rings. The lowest BCUT2D eigenvalue weighted by molar-refractivity contribution is 0.0936. The number of nitrogens with two attached hydrogens (primary N) is 1. The molecule has 1 aromatic carbocycles. The number of hydrogen-bond acceptors (Lipinski definition) is 3. The van der Waals surface area contributed by atoms with E-state index >= 15 is 0 Å². The first-order valence-electron chi connectivity index (χ1n) is 6.29. The molecule has 2 rings (SSSR count). The zero-order valence-electron chi connectivity index (χ0n) is 10.9. The number of hydrogen-bond donors (Lipinski definition) is 2. The minimum Gasteiger partial charge on any atom is -0.469 e. The van der Waals surface area contributed by atoms with Crippen LogP contribution in [0.4, 0.5) is 0 Å². The van der Waals surface area contributed by atoms with Crippen LogP contribution >= 0.6 is 0 Å². The second-order valence-corrected chi connectivity index (χ2v) is 4.49. The van der Waals surface area contributed by atoms with Crippen LogP contribution in [0, 0.1) is 6.92 Å². The molecule has 4 nitrogen and oxygen atoms in total. The number of aryl methyl sites for hydroxylation is 1. The van der Waals surface area contributed by atoms with Crippen LogP contribution in [0.5, 0.6) is 0 Å². The number of rotatable bonds is 5. The van der Waals surface area contributed by atoms with Gasteiger partial charge < -0.3 is 15.5 Å². The van der Waals surface area contributed by atoms with E-state index in [1.165, 1.54) is 6.26 Å². The van der Waals surface area contributed by atoms with Crippen molar-refractivity contribution in [2.24, 2.45) is 5.73 Å². The van der Waals surface area contributed by atoms with Crippen LogP contribution < -0.4 is 11.1 Å². The Hall–Kier alpha value is -2.07. The summed E-state index contributed by atoms with van der Waals surface area (Å²) in [6.45, 7) is 2.17. The topological polar surface area (TPSA) is 68.3 Å². The first kappa shape index (κ1) is 13.4. The van der Waals surface area contributed by atoms with Gasteiger partial charge in [-0.2, -0.15) is 0 Å². The van der Waals surface area contributed by atoms with E-state index in [9.17, 15) is 4.79 Å². The maximum Gasteiger partial charge on any atom is 0.255 e. The highest BCUT2D eigenvalue weighted by Gasteiger charge is 2.16. The minimum absolute atomic E-state index is 0.0794. The van der Waals surface area contributed by atoms with E-state index in [0.717, 1.165) is 12.0 Å². The summed E-state index contributed by atoms with van der Waals surface area (Å²) in [6, 6.07) is 11.6. The molecule has 0 aliphatic carbocycles. The third-order valence-electron chi connectivity index (χ3n) is 3.05. The SMILES string of the molecule is Cc1occc1C(=O)NC(CN)Cc1ccccc1. The standard InChI is InChI=1S/C15H18N2O2/c1-11-14(7-8-19-11)15(18)17-13(10-16)9-12-5-3-2-4-6-12/h2-8,13H,9-10,16H2,1H3,(H,17,18). The van der Waals surface area contributed by atoms with Gasteiger partial charge in [0.1, 0.15) is 5.76 Å². The number of carbonyl (C=O) groups is 1. The third-order valence-corrected chi connectivity index (χ3v) is 3.05. The van der Waals surface area contributed by atoms with Gasteiger partial charge in [-0.1, -0.05) is 30.3 Å². The molecule has 0 bridgehead atoms. The van der Waals surface area contributed by atoms with Crippen molar-refractivity contribution >= 4 is 5.91 Å². The van der Waals surface area contributed by atoms with Gasteiger partial charge in [-0.25, -0.2) is 0 Å². The Kier molecular flexibility index (Phi) is 4.36. The summed E-state index contributed by atoms with van der Waals surface area (Å²) in [5.74, 6) is 0.477. The average Bonchev–Trinajstić information content (AvgIpc) is 2.85. The van der Waals surface area contributed by atoms with E-state index in [1.807, 2.05) is 30.3 Å². The molecule has 1 atom stereocenters. The van der Waals surface area contributed by atoms with Crippen molar-refractivity contribution in [2.45, 2.75) is 19.4 Å². The van der Waals surface area contributed by atoms with Gasteiger partial charge >= 0.3 is 0 Å². The Morgan fingerprint density at radius 2 is 2.05 bits per heavy atom. The summed E-state index contributed by atoms with van der Waals surface area (Å²) in [6.07, 6.45) is 2.23. The van der Waals surface area contributed by atoms with Gasteiger partial charge in [-0.15, -0.1) is 0 Å². The molecule has 1 heterocycles. The highest BCUT2D eigenvalue weighted by atomic mass is 16.3. The van der Waals surface area contributed by atoms with E-state index in [-0.39, 0.29) is 11.9 Å². The average molecular weight is 258 g/mol. The molecule has 4 heteroatoms. The number of benzene rings is 1. The van der Waals surface area contributed by atoms with Crippen LogP contribution in [0.3, 0.4) is 0 Å². The van der Waals surface area contributed by atoms with Gasteiger partial charge in [0.2, 0.25) is 0 Å². The Balaban J connectivity index is 2.00. The lowest BCUT2D eigenvalue weighted by Crippen LogP contribution is -2.41. The Morgan fingerprint density at radius 1 is 1.32 bits per heavy atom. The monoisotopic (exact) mass is 258 g/mol. The lowest BCUT2D eigenvalue weighted by atomic mass is 10.1. The largest absolute Gasteiger partial charge is 0.469 e. The molecule has 0 radical (unpaired) electrons. The Morgan fingerprint density at radius 3 is 2.63 bits per heavy atom. The van der Waals surface area contributed by atoms with Gasteiger partial charge in [-0.3, -0.25) is 4.79 Å². The van der Waals surface area contributed by atoms with E-state index in [2.05, 4.69) is 5.32 Å². The van der Waals surface area contributed by atoms with Crippen molar-refractivity contribution in [3.8, 4) is 0 Å². The summed E-state index contributed by atoms with van der Waals surface area (Å²) in [4.78, 5) is 12.1. The first-order chi connectivity index (χ1) is 9.20. The van der Waals surface area contributed by atoms with E-state index in [1.54, 1.807) is 13.0 Å². The second kappa shape index (κ2) is 6.20. The van der Waals surface area contributed by atoms with Crippen LogP contribution in [-0.4, -0.2) is 18.5 Å².